The van der Waals surface area contributed by atoms with Crippen molar-refractivity contribution in [3.63, 3.8) is 0 Å². The average molecular weight is 656 g/mol. The van der Waals surface area contributed by atoms with Gasteiger partial charge in [-0.3, -0.25) is 0 Å². The van der Waals surface area contributed by atoms with Gasteiger partial charge in [0.2, 0.25) is 0 Å². The van der Waals surface area contributed by atoms with Crippen molar-refractivity contribution < 1.29 is 0 Å². The van der Waals surface area contributed by atoms with E-state index in [9.17, 15) is 0 Å². The van der Waals surface area contributed by atoms with E-state index >= 15 is 0 Å². The van der Waals surface area contributed by atoms with Gasteiger partial charge in [0.15, 0.2) is 6.17 Å². The summed E-state index contributed by atoms with van der Waals surface area (Å²) in [5, 5.41) is 6.21. The highest BCUT2D eigenvalue weighted by Gasteiger charge is 2.52. The molecule has 1 aromatic heterocycles. The van der Waals surface area contributed by atoms with Gasteiger partial charge >= 0.3 is 0 Å². The predicted octanol–water partition coefficient (Wildman–Crippen LogP) is 10.9. The highest BCUT2D eigenvalue weighted by molar-refractivity contribution is 7.26. The third-order valence-electron chi connectivity index (χ3n) is 10.8. The van der Waals surface area contributed by atoms with Crippen LogP contribution in [0.1, 0.15) is 45.1 Å². The lowest BCUT2D eigenvalue weighted by molar-refractivity contribution is 0.744. The number of benzene rings is 7. The quantitative estimate of drug-likeness (QED) is 0.202. The number of thiophene rings is 1. The van der Waals surface area contributed by atoms with Crippen LogP contribution >= 0.6 is 11.3 Å². The summed E-state index contributed by atoms with van der Waals surface area (Å²) >= 11 is 1.92. The molecule has 3 nitrogen and oxygen atoms in total. The molecule has 234 valence electrons. The number of amidine groups is 2. The fourth-order valence-electron chi connectivity index (χ4n) is 8.66. The maximum absolute atomic E-state index is 5.26. The van der Waals surface area contributed by atoms with Gasteiger partial charge in [-0.25, -0.2) is 9.98 Å². The zero-order valence-electron chi connectivity index (χ0n) is 27.0. The van der Waals surface area contributed by atoms with E-state index < -0.39 is 11.6 Å². The van der Waals surface area contributed by atoms with Crippen LogP contribution in [-0.4, -0.2) is 11.7 Å². The molecule has 0 fully saturated rings. The number of hydrogen-bond acceptors (Lipinski definition) is 4. The van der Waals surface area contributed by atoms with Crippen LogP contribution < -0.4 is 5.32 Å². The largest absolute Gasteiger partial charge is 0.324 e. The van der Waals surface area contributed by atoms with Crippen molar-refractivity contribution in [3.05, 3.63) is 203 Å². The Morgan fingerprint density at radius 1 is 0.480 bits per heavy atom. The minimum absolute atomic E-state index is 0.408. The van der Waals surface area contributed by atoms with Crippen LogP contribution in [0.3, 0.4) is 0 Å². The molecule has 0 saturated carbocycles. The molecular formula is C46H29N3S. The summed E-state index contributed by atoms with van der Waals surface area (Å²) in [5.41, 5.74) is 13.3. The van der Waals surface area contributed by atoms with E-state index in [-0.39, 0.29) is 0 Å². The molecule has 8 aromatic rings. The van der Waals surface area contributed by atoms with Gasteiger partial charge in [0.05, 0.1) is 5.41 Å². The van der Waals surface area contributed by atoms with Crippen LogP contribution in [0.15, 0.2) is 174 Å². The first-order valence-corrected chi connectivity index (χ1v) is 17.9. The Bertz CT molecular complexity index is 2690. The van der Waals surface area contributed by atoms with E-state index in [1.165, 1.54) is 64.7 Å². The monoisotopic (exact) mass is 655 g/mol. The summed E-state index contributed by atoms with van der Waals surface area (Å²) in [7, 11) is 0. The number of rotatable bonds is 3. The van der Waals surface area contributed by atoms with E-state index in [2.05, 4.69) is 157 Å². The first-order chi connectivity index (χ1) is 24.8. The van der Waals surface area contributed by atoms with Crippen molar-refractivity contribution in [2.75, 3.05) is 0 Å². The van der Waals surface area contributed by atoms with Gasteiger partial charge in [-0.05, 0) is 56.6 Å². The molecule has 7 aromatic carbocycles. The molecule has 1 N–H and O–H groups in total. The average Bonchev–Trinajstić information content (AvgIpc) is 3.82. The van der Waals surface area contributed by atoms with Gasteiger partial charge in [-0.2, -0.15) is 0 Å². The normalized spacial score (nSPS) is 17.2. The van der Waals surface area contributed by atoms with Crippen molar-refractivity contribution in [3.8, 4) is 22.3 Å². The Hall–Kier alpha value is -6.10. The Kier molecular flexibility index (Phi) is 5.81. The van der Waals surface area contributed by atoms with Crippen LogP contribution in [-0.2, 0) is 5.41 Å². The molecular weight excluding hydrogens is 627 g/mol. The number of hydrogen-bond donors (Lipinski definition) is 1. The zero-order chi connectivity index (χ0) is 32.8. The van der Waals surface area contributed by atoms with Gasteiger partial charge in [-0.1, -0.05) is 152 Å². The van der Waals surface area contributed by atoms with Gasteiger partial charge in [0.1, 0.15) is 11.7 Å². The SMILES string of the molecule is c1ccc(C2=NC(c3ccc4c(c3)C3(c5ccccc5-4)c4ccccc4-c4c3ccc3c4sc4ccccc43)N=C(c3ccccc3)N2)cc1. The molecule has 2 heterocycles. The van der Waals surface area contributed by atoms with Crippen molar-refractivity contribution >= 4 is 43.2 Å². The summed E-state index contributed by atoms with van der Waals surface area (Å²) in [6, 6.07) is 59.4. The molecule has 1 spiro atoms. The van der Waals surface area contributed by atoms with Crippen molar-refractivity contribution in [2.45, 2.75) is 11.6 Å². The Morgan fingerprint density at radius 3 is 1.82 bits per heavy atom. The molecule has 0 amide bonds. The van der Waals surface area contributed by atoms with Crippen LogP contribution in [0.5, 0.6) is 0 Å². The lowest BCUT2D eigenvalue weighted by Crippen LogP contribution is -2.36. The summed E-state index contributed by atoms with van der Waals surface area (Å²) in [6.07, 6.45) is -0.408. The van der Waals surface area contributed by atoms with Gasteiger partial charge in [0, 0.05) is 36.9 Å². The highest BCUT2D eigenvalue weighted by atomic mass is 32.1. The van der Waals surface area contributed by atoms with Crippen molar-refractivity contribution in [1.82, 2.24) is 5.32 Å². The number of nitrogens with one attached hydrogen (secondary N) is 1. The molecule has 11 rings (SSSR count). The number of aliphatic imine (C=N–C) groups is 2. The molecule has 1 unspecified atom stereocenters. The summed E-state index contributed by atoms with van der Waals surface area (Å²) in [4.78, 5) is 10.5. The highest BCUT2D eigenvalue weighted by Crippen LogP contribution is 2.64. The van der Waals surface area contributed by atoms with Gasteiger partial charge in [0.25, 0.3) is 0 Å². The molecule has 2 aliphatic carbocycles. The van der Waals surface area contributed by atoms with Gasteiger partial charge in [-0.15, -0.1) is 11.3 Å². The second-order valence-corrected chi connectivity index (χ2v) is 14.3. The predicted molar refractivity (Wildman–Crippen MR) is 207 cm³/mol. The van der Waals surface area contributed by atoms with Gasteiger partial charge < -0.3 is 5.32 Å². The number of fused-ring (bicyclic) bond motifs is 14. The summed E-state index contributed by atoms with van der Waals surface area (Å²) < 4.78 is 2.69. The summed E-state index contributed by atoms with van der Waals surface area (Å²) in [6.45, 7) is 0. The topological polar surface area (TPSA) is 36.8 Å². The molecule has 3 aliphatic rings. The molecule has 1 atom stereocenters. The third kappa shape index (κ3) is 3.74. The molecule has 4 heteroatoms. The molecule has 0 bridgehead atoms. The standard InChI is InChI=1S/C46H29N3S/c1-3-13-28(14-4-1)43-47-44(29-15-5-2-6-16-29)49-45(48-43)30-23-24-32-31-17-7-10-20-36(31)46(39(32)27-30)37-21-11-8-19-35(37)41-38(46)26-25-34-33-18-9-12-22-40(33)50-42(34)41/h1-27,45H,(H,47,48,49). The van der Waals surface area contributed by atoms with Crippen molar-refractivity contribution in [2.24, 2.45) is 9.98 Å². The van der Waals surface area contributed by atoms with E-state index in [0.717, 1.165) is 28.4 Å². The fourth-order valence-corrected chi connectivity index (χ4v) is 9.93. The first-order valence-electron chi connectivity index (χ1n) is 17.1. The van der Waals surface area contributed by atoms with Crippen LogP contribution in [0.2, 0.25) is 0 Å². The van der Waals surface area contributed by atoms with E-state index in [0.29, 0.717) is 0 Å². The van der Waals surface area contributed by atoms with Crippen molar-refractivity contribution in [1.29, 1.82) is 0 Å². The second kappa shape index (κ2) is 10.4. The second-order valence-electron chi connectivity index (χ2n) is 13.3. The lowest BCUT2D eigenvalue weighted by atomic mass is 9.70. The molecule has 1 aliphatic heterocycles. The zero-order valence-corrected chi connectivity index (χ0v) is 27.8. The summed E-state index contributed by atoms with van der Waals surface area (Å²) in [5.74, 6) is 1.65. The maximum Gasteiger partial charge on any atom is 0.169 e. The molecule has 0 saturated heterocycles. The number of nitrogens with zero attached hydrogens (tertiary/aromatic N) is 2. The third-order valence-corrected chi connectivity index (χ3v) is 12.0. The van der Waals surface area contributed by atoms with E-state index in [1.54, 1.807) is 0 Å². The lowest BCUT2D eigenvalue weighted by Gasteiger charge is -2.31. The molecule has 50 heavy (non-hydrogen) atoms. The Balaban J connectivity index is 1.18. The van der Waals surface area contributed by atoms with E-state index in [4.69, 9.17) is 9.98 Å². The first kappa shape index (κ1) is 27.8. The minimum Gasteiger partial charge on any atom is -0.324 e. The Labute approximate surface area is 294 Å². The molecule has 0 radical (unpaired) electrons. The smallest absolute Gasteiger partial charge is 0.169 e. The van der Waals surface area contributed by atoms with Crippen LogP contribution in [0, 0.1) is 0 Å². The van der Waals surface area contributed by atoms with E-state index in [1.807, 2.05) is 23.5 Å². The Morgan fingerprint density at radius 2 is 1.08 bits per heavy atom. The fraction of sp³-hybridized carbons (Fsp3) is 0.0435. The van der Waals surface area contributed by atoms with Crippen LogP contribution in [0.25, 0.3) is 42.4 Å². The van der Waals surface area contributed by atoms with Crippen LogP contribution in [0.4, 0.5) is 0 Å². The minimum atomic E-state index is -0.455. The maximum atomic E-state index is 5.26.